The highest BCUT2D eigenvalue weighted by Gasteiger charge is 2.11. The lowest BCUT2D eigenvalue weighted by molar-refractivity contribution is 0.632. The third-order valence-electron chi connectivity index (χ3n) is 3.13. The molecular weight excluding hydrogens is 289 g/mol. The molecule has 0 spiro atoms. The van der Waals surface area contributed by atoms with E-state index in [9.17, 15) is 4.39 Å². The standard InChI is InChI=1S/C16H17ClFN3/c1-9(2)16(20)12-5-4-11(8-14(12)19)21-15-6-3-10(17)7-13(15)18/h3-9,20-21H,19H2,1-2H3. The summed E-state index contributed by atoms with van der Waals surface area (Å²) in [5.41, 5.74) is 8.64. The van der Waals surface area contributed by atoms with E-state index in [0.717, 1.165) is 0 Å². The SMILES string of the molecule is CC(C)C(=N)c1ccc(Nc2ccc(Cl)cc2F)cc1N. The number of halogens is 2. The molecule has 2 aromatic carbocycles. The van der Waals surface area contributed by atoms with Crippen LogP contribution in [0.25, 0.3) is 0 Å². The van der Waals surface area contributed by atoms with Crippen molar-refractivity contribution in [3.05, 3.63) is 52.8 Å². The first-order valence-corrected chi connectivity index (χ1v) is 6.96. The van der Waals surface area contributed by atoms with Crippen LogP contribution in [0.4, 0.5) is 21.5 Å². The number of hydrogen-bond donors (Lipinski definition) is 3. The van der Waals surface area contributed by atoms with Crippen LogP contribution in [-0.2, 0) is 0 Å². The van der Waals surface area contributed by atoms with Gasteiger partial charge in [0, 0.05) is 27.7 Å². The summed E-state index contributed by atoms with van der Waals surface area (Å²) in [5, 5.41) is 11.3. The number of nitrogens with two attached hydrogens (primary N) is 1. The van der Waals surface area contributed by atoms with Gasteiger partial charge in [-0.25, -0.2) is 4.39 Å². The lowest BCUT2D eigenvalue weighted by Gasteiger charge is -2.13. The van der Waals surface area contributed by atoms with Crippen LogP contribution in [-0.4, -0.2) is 5.71 Å². The van der Waals surface area contributed by atoms with Crippen molar-refractivity contribution >= 4 is 34.4 Å². The Bertz CT molecular complexity index is 683. The summed E-state index contributed by atoms with van der Waals surface area (Å²) in [4.78, 5) is 0. The molecule has 110 valence electrons. The first kappa shape index (κ1) is 15.3. The predicted molar refractivity (Wildman–Crippen MR) is 87.2 cm³/mol. The van der Waals surface area contributed by atoms with Crippen molar-refractivity contribution < 1.29 is 4.39 Å². The van der Waals surface area contributed by atoms with Crippen molar-refractivity contribution in [3.8, 4) is 0 Å². The molecule has 0 saturated heterocycles. The summed E-state index contributed by atoms with van der Waals surface area (Å²) in [6.45, 7) is 3.88. The maximum Gasteiger partial charge on any atom is 0.148 e. The van der Waals surface area contributed by atoms with Crippen molar-refractivity contribution in [2.24, 2.45) is 5.92 Å². The Labute approximate surface area is 128 Å². The molecule has 0 aliphatic heterocycles. The highest BCUT2D eigenvalue weighted by molar-refractivity contribution is 6.30. The molecule has 0 radical (unpaired) electrons. The third-order valence-corrected chi connectivity index (χ3v) is 3.36. The van der Waals surface area contributed by atoms with Crippen molar-refractivity contribution in [1.29, 1.82) is 5.41 Å². The van der Waals surface area contributed by atoms with Crippen LogP contribution in [0, 0.1) is 17.1 Å². The average Bonchev–Trinajstić information content (AvgIpc) is 2.41. The van der Waals surface area contributed by atoms with Crippen LogP contribution in [0.1, 0.15) is 19.4 Å². The summed E-state index contributed by atoms with van der Waals surface area (Å²) in [5.74, 6) is -0.333. The maximum atomic E-state index is 13.7. The van der Waals surface area contributed by atoms with Crippen molar-refractivity contribution in [2.75, 3.05) is 11.1 Å². The van der Waals surface area contributed by atoms with E-state index in [4.69, 9.17) is 22.7 Å². The van der Waals surface area contributed by atoms with Crippen LogP contribution < -0.4 is 11.1 Å². The highest BCUT2D eigenvalue weighted by Crippen LogP contribution is 2.26. The monoisotopic (exact) mass is 305 g/mol. The van der Waals surface area contributed by atoms with Gasteiger partial charge in [-0.1, -0.05) is 25.4 Å². The molecule has 0 aromatic heterocycles. The molecule has 0 fully saturated rings. The van der Waals surface area contributed by atoms with Crippen LogP contribution >= 0.6 is 11.6 Å². The molecule has 0 heterocycles. The van der Waals surface area contributed by atoms with Gasteiger partial charge in [0.2, 0.25) is 0 Å². The minimum Gasteiger partial charge on any atom is -0.398 e. The van der Waals surface area contributed by atoms with Gasteiger partial charge in [-0.05, 0) is 42.3 Å². The number of nitrogen functional groups attached to an aromatic ring is 1. The van der Waals surface area contributed by atoms with Crippen LogP contribution in [0.3, 0.4) is 0 Å². The quantitative estimate of drug-likeness (QED) is 0.559. The minimum atomic E-state index is -0.430. The molecule has 0 saturated carbocycles. The van der Waals surface area contributed by atoms with Crippen LogP contribution in [0.15, 0.2) is 36.4 Å². The third kappa shape index (κ3) is 3.52. The van der Waals surface area contributed by atoms with Gasteiger partial charge in [-0.3, -0.25) is 0 Å². The Hall–Kier alpha value is -2.07. The van der Waals surface area contributed by atoms with Gasteiger partial charge in [0.1, 0.15) is 5.82 Å². The molecule has 4 N–H and O–H groups in total. The maximum absolute atomic E-state index is 13.7. The van der Waals surface area contributed by atoms with Gasteiger partial charge in [0.05, 0.1) is 5.69 Å². The van der Waals surface area contributed by atoms with E-state index in [1.165, 1.54) is 6.07 Å². The smallest absolute Gasteiger partial charge is 0.148 e. The molecule has 0 aliphatic carbocycles. The Morgan fingerprint density at radius 2 is 1.95 bits per heavy atom. The summed E-state index contributed by atoms with van der Waals surface area (Å²) in [6.07, 6.45) is 0. The number of nitrogens with one attached hydrogen (secondary N) is 2. The summed E-state index contributed by atoms with van der Waals surface area (Å²) in [6, 6.07) is 9.66. The van der Waals surface area contributed by atoms with E-state index in [0.29, 0.717) is 33.4 Å². The topological polar surface area (TPSA) is 61.9 Å². The van der Waals surface area contributed by atoms with E-state index < -0.39 is 5.82 Å². The number of benzene rings is 2. The predicted octanol–water partition coefficient (Wildman–Crippen LogP) is 4.83. The zero-order chi connectivity index (χ0) is 15.6. The minimum absolute atomic E-state index is 0.0971. The molecule has 0 bridgehead atoms. The van der Waals surface area contributed by atoms with Gasteiger partial charge in [-0.15, -0.1) is 0 Å². The average molecular weight is 306 g/mol. The second-order valence-electron chi connectivity index (χ2n) is 5.12. The van der Waals surface area contributed by atoms with Gasteiger partial charge < -0.3 is 16.5 Å². The lowest BCUT2D eigenvalue weighted by Crippen LogP contribution is -2.10. The first-order valence-electron chi connectivity index (χ1n) is 6.59. The van der Waals surface area contributed by atoms with Crippen molar-refractivity contribution in [2.45, 2.75) is 13.8 Å². The molecule has 5 heteroatoms. The first-order chi connectivity index (χ1) is 9.88. The zero-order valence-corrected chi connectivity index (χ0v) is 12.6. The van der Waals surface area contributed by atoms with Gasteiger partial charge in [-0.2, -0.15) is 0 Å². The number of rotatable bonds is 4. The fraction of sp³-hybridized carbons (Fsp3) is 0.188. The van der Waals surface area contributed by atoms with Crippen LogP contribution in [0.2, 0.25) is 5.02 Å². The van der Waals surface area contributed by atoms with E-state index in [1.807, 2.05) is 13.8 Å². The van der Waals surface area contributed by atoms with Crippen molar-refractivity contribution in [1.82, 2.24) is 0 Å². The molecular formula is C16H17ClFN3. The molecule has 0 atom stereocenters. The number of hydrogen-bond acceptors (Lipinski definition) is 3. The molecule has 0 aliphatic rings. The Kier molecular flexibility index (Phi) is 4.48. The van der Waals surface area contributed by atoms with E-state index in [1.54, 1.807) is 30.3 Å². The van der Waals surface area contributed by atoms with E-state index in [2.05, 4.69) is 5.32 Å². The molecule has 2 rings (SSSR count). The molecule has 2 aromatic rings. The second kappa shape index (κ2) is 6.14. The molecule has 0 unspecified atom stereocenters. The molecule has 21 heavy (non-hydrogen) atoms. The second-order valence-corrected chi connectivity index (χ2v) is 5.56. The Morgan fingerprint density at radius 1 is 1.24 bits per heavy atom. The number of anilines is 3. The zero-order valence-electron chi connectivity index (χ0n) is 11.9. The fourth-order valence-corrected chi connectivity index (χ4v) is 2.10. The summed E-state index contributed by atoms with van der Waals surface area (Å²) >= 11 is 5.72. The highest BCUT2D eigenvalue weighted by atomic mass is 35.5. The van der Waals surface area contributed by atoms with E-state index >= 15 is 0 Å². The lowest BCUT2D eigenvalue weighted by atomic mass is 9.98. The summed E-state index contributed by atoms with van der Waals surface area (Å²) in [7, 11) is 0. The van der Waals surface area contributed by atoms with E-state index in [-0.39, 0.29) is 5.92 Å². The fourth-order valence-electron chi connectivity index (χ4n) is 1.94. The van der Waals surface area contributed by atoms with Gasteiger partial charge in [0.25, 0.3) is 0 Å². The van der Waals surface area contributed by atoms with Gasteiger partial charge in [0.15, 0.2) is 0 Å². The van der Waals surface area contributed by atoms with Crippen molar-refractivity contribution in [3.63, 3.8) is 0 Å². The Balaban J connectivity index is 2.26. The molecule has 0 amide bonds. The Morgan fingerprint density at radius 3 is 2.52 bits per heavy atom. The van der Waals surface area contributed by atoms with Gasteiger partial charge >= 0.3 is 0 Å². The summed E-state index contributed by atoms with van der Waals surface area (Å²) < 4.78 is 13.7. The normalized spacial score (nSPS) is 10.7. The van der Waals surface area contributed by atoms with Crippen LogP contribution in [0.5, 0.6) is 0 Å². The largest absolute Gasteiger partial charge is 0.398 e. The molecule has 3 nitrogen and oxygen atoms in total.